The molecule has 0 aliphatic heterocycles. The third-order valence-corrected chi connectivity index (χ3v) is 2.83. The second kappa shape index (κ2) is 6.44. The minimum Gasteiger partial charge on any atom is -0.477 e. The fourth-order valence-electron chi connectivity index (χ4n) is 0.814. The first kappa shape index (κ1) is 18.0. The van der Waals surface area contributed by atoms with Crippen molar-refractivity contribution in [1.82, 2.24) is 0 Å². The highest BCUT2D eigenvalue weighted by Gasteiger charge is 2.31. The van der Waals surface area contributed by atoms with Crippen molar-refractivity contribution in [3.05, 3.63) is 39.9 Å². The molecule has 1 aromatic carbocycles. The highest BCUT2D eigenvalue weighted by molar-refractivity contribution is 5.92. The molecule has 0 aliphatic carbocycles. The molecule has 0 aliphatic rings. The topological polar surface area (TPSA) is 121 Å². The van der Waals surface area contributed by atoms with Crippen LogP contribution >= 0.6 is 0 Å². The number of para-hydroxylation sites is 1. The SMILES string of the molecule is CC(C)(O)C(C)(C)O.O=C(O)c1ccccc1[N+](=O)[O-]. The summed E-state index contributed by atoms with van der Waals surface area (Å²) in [6.07, 6.45) is 0. The maximum absolute atomic E-state index is 10.4. The highest BCUT2D eigenvalue weighted by atomic mass is 16.6. The Morgan fingerprint density at radius 2 is 1.50 bits per heavy atom. The molecule has 0 unspecified atom stereocenters. The number of nitro benzene ring substituents is 1. The average molecular weight is 285 g/mol. The van der Waals surface area contributed by atoms with Crippen LogP contribution in [0.4, 0.5) is 5.69 Å². The highest BCUT2D eigenvalue weighted by Crippen LogP contribution is 2.19. The van der Waals surface area contributed by atoms with Crippen molar-refractivity contribution in [3.63, 3.8) is 0 Å². The molecule has 0 saturated carbocycles. The van der Waals surface area contributed by atoms with Gasteiger partial charge in [-0.15, -0.1) is 0 Å². The molecule has 0 radical (unpaired) electrons. The van der Waals surface area contributed by atoms with Gasteiger partial charge in [-0.1, -0.05) is 12.1 Å². The molecule has 7 heteroatoms. The number of aliphatic hydroxyl groups is 2. The normalized spacial score (nSPS) is 11.3. The van der Waals surface area contributed by atoms with Gasteiger partial charge in [0, 0.05) is 6.07 Å². The van der Waals surface area contributed by atoms with Crippen LogP contribution in [0.3, 0.4) is 0 Å². The maximum Gasteiger partial charge on any atom is 0.342 e. The van der Waals surface area contributed by atoms with E-state index >= 15 is 0 Å². The zero-order chi connectivity index (χ0) is 16.1. The Kier molecular flexibility index (Phi) is 5.80. The molecule has 1 aromatic rings. The molecular formula is C13H19NO6. The Labute approximate surface area is 116 Å². The predicted molar refractivity (Wildman–Crippen MR) is 72.7 cm³/mol. The van der Waals surface area contributed by atoms with Crippen LogP contribution in [-0.4, -0.2) is 37.4 Å². The van der Waals surface area contributed by atoms with Crippen LogP contribution in [0.5, 0.6) is 0 Å². The van der Waals surface area contributed by atoms with Gasteiger partial charge in [0.2, 0.25) is 0 Å². The molecule has 20 heavy (non-hydrogen) atoms. The number of carboxylic acid groups (broad SMARTS) is 1. The first-order chi connectivity index (χ1) is 8.88. The molecule has 0 saturated heterocycles. The third kappa shape index (κ3) is 5.33. The number of carbonyl (C=O) groups is 1. The van der Waals surface area contributed by atoms with Crippen molar-refractivity contribution >= 4 is 11.7 Å². The van der Waals surface area contributed by atoms with Crippen LogP contribution in [0, 0.1) is 10.1 Å². The summed E-state index contributed by atoms with van der Waals surface area (Å²) in [4.78, 5) is 20.0. The van der Waals surface area contributed by atoms with Gasteiger partial charge >= 0.3 is 5.97 Å². The van der Waals surface area contributed by atoms with E-state index in [-0.39, 0.29) is 11.3 Å². The molecule has 0 aromatic heterocycles. The van der Waals surface area contributed by atoms with Crippen LogP contribution in [-0.2, 0) is 0 Å². The zero-order valence-corrected chi connectivity index (χ0v) is 11.8. The number of nitro groups is 1. The van der Waals surface area contributed by atoms with Gasteiger partial charge in [0.25, 0.3) is 5.69 Å². The van der Waals surface area contributed by atoms with E-state index in [0.717, 1.165) is 6.07 Å². The quantitative estimate of drug-likeness (QED) is 0.575. The number of carboxylic acids is 1. The van der Waals surface area contributed by atoms with Crippen LogP contribution in [0.15, 0.2) is 24.3 Å². The molecule has 1 rings (SSSR count). The van der Waals surface area contributed by atoms with Crippen molar-refractivity contribution in [2.75, 3.05) is 0 Å². The standard InChI is InChI=1S/C7H5NO4.C6H14O2/c9-7(10)5-3-1-2-4-6(5)8(11)12;1-5(2,7)6(3,4)8/h1-4H,(H,9,10);7-8H,1-4H3. The fourth-order valence-corrected chi connectivity index (χ4v) is 0.814. The van der Waals surface area contributed by atoms with Crippen molar-refractivity contribution < 1.29 is 25.0 Å². The number of hydrogen-bond acceptors (Lipinski definition) is 5. The second-order valence-electron chi connectivity index (χ2n) is 5.20. The molecule has 0 fully saturated rings. The molecule has 0 bridgehead atoms. The predicted octanol–water partition coefficient (Wildman–Crippen LogP) is 1.82. The Bertz CT molecular complexity index is 439. The van der Waals surface area contributed by atoms with Crippen molar-refractivity contribution in [2.45, 2.75) is 38.9 Å². The summed E-state index contributed by atoms with van der Waals surface area (Å²) in [6, 6.07) is 5.21. The molecule has 0 heterocycles. The summed E-state index contributed by atoms with van der Waals surface area (Å²) >= 11 is 0. The first-order valence-corrected chi connectivity index (χ1v) is 5.79. The van der Waals surface area contributed by atoms with Crippen molar-refractivity contribution in [1.29, 1.82) is 0 Å². The number of hydrogen-bond donors (Lipinski definition) is 3. The van der Waals surface area contributed by atoms with Gasteiger partial charge < -0.3 is 15.3 Å². The Morgan fingerprint density at radius 3 is 1.75 bits per heavy atom. The lowest BCUT2D eigenvalue weighted by Gasteiger charge is -2.31. The molecule has 0 amide bonds. The van der Waals surface area contributed by atoms with E-state index < -0.39 is 22.1 Å². The lowest BCUT2D eigenvalue weighted by Crippen LogP contribution is -2.44. The zero-order valence-electron chi connectivity index (χ0n) is 11.8. The fraction of sp³-hybridized carbons (Fsp3) is 0.462. The van der Waals surface area contributed by atoms with Crippen LogP contribution in [0.25, 0.3) is 0 Å². The second-order valence-corrected chi connectivity index (χ2v) is 5.20. The lowest BCUT2D eigenvalue weighted by atomic mass is 9.90. The van der Waals surface area contributed by atoms with E-state index in [1.165, 1.54) is 18.2 Å². The molecular weight excluding hydrogens is 266 g/mol. The van der Waals surface area contributed by atoms with Gasteiger partial charge in [-0.05, 0) is 33.8 Å². The summed E-state index contributed by atoms with van der Waals surface area (Å²) in [5.41, 5.74) is -2.69. The summed E-state index contributed by atoms with van der Waals surface area (Å²) < 4.78 is 0. The lowest BCUT2D eigenvalue weighted by molar-refractivity contribution is -0.385. The summed E-state index contributed by atoms with van der Waals surface area (Å²) in [6.45, 7) is 6.31. The van der Waals surface area contributed by atoms with Gasteiger partial charge in [-0.2, -0.15) is 0 Å². The Morgan fingerprint density at radius 1 is 1.10 bits per heavy atom. The number of benzene rings is 1. The van der Waals surface area contributed by atoms with Gasteiger partial charge in [0.15, 0.2) is 0 Å². The molecule has 0 spiro atoms. The van der Waals surface area contributed by atoms with Gasteiger partial charge in [-0.25, -0.2) is 4.79 Å². The summed E-state index contributed by atoms with van der Waals surface area (Å²) in [5.74, 6) is -1.29. The number of aromatic carboxylic acids is 1. The largest absolute Gasteiger partial charge is 0.477 e. The Hall–Kier alpha value is -1.99. The van der Waals surface area contributed by atoms with Gasteiger partial charge in [0.05, 0.1) is 16.1 Å². The minimum absolute atomic E-state index is 0.289. The maximum atomic E-state index is 10.4. The summed E-state index contributed by atoms with van der Waals surface area (Å²) in [5, 5.41) is 37.0. The van der Waals surface area contributed by atoms with Gasteiger partial charge in [0.1, 0.15) is 5.56 Å². The molecule has 0 atom stereocenters. The van der Waals surface area contributed by atoms with Crippen molar-refractivity contribution in [2.24, 2.45) is 0 Å². The molecule has 3 N–H and O–H groups in total. The first-order valence-electron chi connectivity index (χ1n) is 5.79. The van der Waals surface area contributed by atoms with E-state index in [9.17, 15) is 14.9 Å². The van der Waals surface area contributed by atoms with Gasteiger partial charge in [-0.3, -0.25) is 10.1 Å². The van der Waals surface area contributed by atoms with Crippen LogP contribution in [0.1, 0.15) is 38.1 Å². The average Bonchev–Trinajstić information content (AvgIpc) is 2.27. The van der Waals surface area contributed by atoms with E-state index in [1.54, 1.807) is 27.7 Å². The van der Waals surface area contributed by atoms with E-state index in [2.05, 4.69) is 0 Å². The number of rotatable bonds is 3. The molecule has 112 valence electrons. The van der Waals surface area contributed by atoms with Crippen LogP contribution in [0.2, 0.25) is 0 Å². The van der Waals surface area contributed by atoms with E-state index in [4.69, 9.17) is 15.3 Å². The summed E-state index contributed by atoms with van der Waals surface area (Å²) in [7, 11) is 0. The molecule has 7 nitrogen and oxygen atoms in total. The Balaban J connectivity index is 0.000000396. The third-order valence-electron chi connectivity index (χ3n) is 2.83. The minimum atomic E-state index is -1.29. The smallest absolute Gasteiger partial charge is 0.342 e. The van der Waals surface area contributed by atoms with E-state index in [0.29, 0.717) is 0 Å². The van der Waals surface area contributed by atoms with E-state index in [1.807, 2.05) is 0 Å². The number of nitrogens with zero attached hydrogens (tertiary/aromatic N) is 1. The van der Waals surface area contributed by atoms with Crippen LogP contribution < -0.4 is 0 Å². The van der Waals surface area contributed by atoms with Crippen molar-refractivity contribution in [3.8, 4) is 0 Å². The monoisotopic (exact) mass is 285 g/mol.